The quantitative estimate of drug-likeness (QED) is 0.881. The topological polar surface area (TPSA) is 53.0 Å². The zero-order chi connectivity index (χ0) is 13.8. The van der Waals surface area contributed by atoms with Crippen LogP contribution in [0.3, 0.4) is 0 Å². The lowest BCUT2D eigenvalue weighted by Gasteiger charge is -2.20. The van der Waals surface area contributed by atoms with Crippen molar-refractivity contribution in [1.82, 2.24) is 0 Å². The molecule has 0 aliphatic carbocycles. The highest BCUT2D eigenvalue weighted by Crippen LogP contribution is 2.23. The molecular formula is C15H14BrN3. The molecule has 0 atom stereocenters. The van der Waals surface area contributed by atoms with Crippen LogP contribution in [0.15, 0.2) is 46.9 Å². The summed E-state index contributed by atoms with van der Waals surface area (Å²) in [6.07, 6.45) is 0. The van der Waals surface area contributed by atoms with Crippen LogP contribution < -0.4 is 10.6 Å². The minimum absolute atomic E-state index is 0.511. The predicted molar refractivity (Wildman–Crippen MR) is 81.8 cm³/mol. The molecule has 0 spiro atoms. The van der Waals surface area contributed by atoms with Gasteiger partial charge in [-0.2, -0.15) is 5.26 Å². The maximum absolute atomic E-state index is 9.00. The summed E-state index contributed by atoms with van der Waals surface area (Å²) in [6, 6.07) is 15.7. The summed E-state index contributed by atoms with van der Waals surface area (Å²) in [6.45, 7) is 0.760. The van der Waals surface area contributed by atoms with Crippen LogP contribution in [0.1, 0.15) is 11.1 Å². The Labute approximate surface area is 121 Å². The minimum Gasteiger partial charge on any atom is -0.398 e. The Morgan fingerprint density at radius 2 is 2.00 bits per heavy atom. The lowest BCUT2D eigenvalue weighted by atomic mass is 10.1. The molecule has 2 N–H and O–H groups in total. The lowest BCUT2D eigenvalue weighted by Crippen LogP contribution is -2.16. The molecule has 2 rings (SSSR count). The minimum atomic E-state index is 0.511. The van der Waals surface area contributed by atoms with Crippen molar-refractivity contribution in [3.05, 3.63) is 58.1 Å². The Bertz CT molecular complexity index is 632. The fourth-order valence-electron chi connectivity index (χ4n) is 1.85. The van der Waals surface area contributed by atoms with Crippen LogP contribution in [0.2, 0.25) is 0 Å². The number of nitrogens with zero attached hydrogens (tertiary/aromatic N) is 2. The first-order chi connectivity index (χ1) is 9.11. The van der Waals surface area contributed by atoms with Crippen LogP contribution in [0.4, 0.5) is 11.4 Å². The van der Waals surface area contributed by atoms with Gasteiger partial charge in [-0.3, -0.25) is 0 Å². The number of nitrogens with two attached hydrogens (primary N) is 1. The van der Waals surface area contributed by atoms with E-state index >= 15 is 0 Å². The molecule has 0 heterocycles. The zero-order valence-corrected chi connectivity index (χ0v) is 12.2. The molecule has 3 nitrogen and oxygen atoms in total. The number of nitriles is 1. The summed E-state index contributed by atoms with van der Waals surface area (Å²) >= 11 is 3.54. The highest BCUT2D eigenvalue weighted by atomic mass is 79.9. The third kappa shape index (κ3) is 3.07. The molecule has 0 saturated heterocycles. The Morgan fingerprint density at radius 3 is 2.68 bits per heavy atom. The second kappa shape index (κ2) is 5.77. The molecule has 19 heavy (non-hydrogen) atoms. The van der Waals surface area contributed by atoms with Gasteiger partial charge in [0.2, 0.25) is 0 Å². The predicted octanol–water partition coefficient (Wildman–Crippen LogP) is 3.54. The van der Waals surface area contributed by atoms with E-state index in [2.05, 4.69) is 33.0 Å². The highest BCUT2D eigenvalue weighted by molar-refractivity contribution is 9.10. The van der Waals surface area contributed by atoms with Gasteiger partial charge in [-0.05, 0) is 29.8 Å². The van der Waals surface area contributed by atoms with Crippen molar-refractivity contribution in [3.63, 3.8) is 0 Å². The van der Waals surface area contributed by atoms with Gasteiger partial charge >= 0.3 is 0 Å². The van der Waals surface area contributed by atoms with Gasteiger partial charge in [0.25, 0.3) is 0 Å². The van der Waals surface area contributed by atoms with E-state index in [4.69, 9.17) is 11.0 Å². The van der Waals surface area contributed by atoms with E-state index in [1.807, 2.05) is 37.4 Å². The smallest absolute Gasteiger partial charge is 0.101 e. The molecule has 0 unspecified atom stereocenters. The fourth-order valence-corrected chi connectivity index (χ4v) is 2.26. The van der Waals surface area contributed by atoms with Gasteiger partial charge in [-0.25, -0.2) is 0 Å². The van der Waals surface area contributed by atoms with Crippen molar-refractivity contribution in [2.75, 3.05) is 17.7 Å². The highest BCUT2D eigenvalue weighted by Gasteiger charge is 2.07. The summed E-state index contributed by atoms with van der Waals surface area (Å²) in [4.78, 5) is 2.08. The SMILES string of the molecule is CN(Cc1ccccc1Br)c1ccc(N)c(C#N)c1. The van der Waals surface area contributed by atoms with Gasteiger partial charge in [0.1, 0.15) is 6.07 Å². The van der Waals surface area contributed by atoms with Crippen molar-refractivity contribution in [2.45, 2.75) is 6.54 Å². The molecule has 0 fully saturated rings. The first-order valence-electron chi connectivity index (χ1n) is 5.86. The van der Waals surface area contributed by atoms with Crippen molar-refractivity contribution in [1.29, 1.82) is 5.26 Å². The van der Waals surface area contributed by atoms with E-state index in [9.17, 15) is 0 Å². The number of anilines is 2. The number of rotatable bonds is 3. The number of benzene rings is 2. The lowest BCUT2D eigenvalue weighted by molar-refractivity contribution is 0.918. The van der Waals surface area contributed by atoms with Gasteiger partial charge in [0, 0.05) is 29.4 Å². The van der Waals surface area contributed by atoms with Crippen molar-refractivity contribution >= 4 is 27.3 Å². The van der Waals surface area contributed by atoms with Gasteiger partial charge in [-0.15, -0.1) is 0 Å². The molecule has 0 saturated carbocycles. The average molecular weight is 316 g/mol. The molecule has 2 aromatic carbocycles. The fraction of sp³-hybridized carbons (Fsp3) is 0.133. The van der Waals surface area contributed by atoms with E-state index in [-0.39, 0.29) is 0 Å². The molecule has 4 heteroatoms. The molecule has 0 aromatic heterocycles. The van der Waals surface area contributed by atoms with Crippen molar-refractivity contribution in [2.24, 2.45) is 0 Å². The Kier molecular flexibility index (Phi) is 4.08. The molecule has 96 valence electrons. The molecule has 0 aliphatic heterocycles. The molecule has 0 bridgehead atoms. The normalized spacial score (nSPS) is 9.95. The van der Waals surface area contributed by atoms with Gasteiger partial charge in [0.15, 0.2) is 0 Å². The van der Waals surface area contributed by atoms with E-state index in [0.29, 0.717) is 11.3 Å². The standard InChI is InChI=1S/C15H14BrN3/c1-19(10-11-4-2-3-5-14(11)16)13-6-7-15(18)12(8-13)9-17/h2-8H,10,18H2,1H3. The van der Waals surface area contributed by atoms with Crippen molar-refractivity contribution in [3.8, 4) is 6.07 Å². The monoisotopic (exact) mass is 315 g/mol. The second-order valence-electron chi connectivity index (χ2n) is 4.33. The second-order valence-corrected chi connectivity index (χ2v) is 5.19. The maximum Gasteiger partial charge on any atom is 0.101 e. The van der Waals surface area contributed by atoms with Gasteiger partial charge in [0.05, 0.1) is 5.56 Å². The summed E-state index contributed by atoms with van der Waals surface area (Å²) in [5.74, 6) is 0. The number of halogens is 1. The summed E-state index contributed by atoms with van der Waals surface area (Å²) in [7, 11) is 1.99. The number of nitrogen functional groups attached to an aromatic ring is 1. The molecule has 2 aromatic rings. The molecule has 0 radical (unpaired) electrons. The van der Waals surface area contributed by atoms with E-state index in [1.54, 1.807) is 6.07 Å². The van der Waals surface area contributed by atoms with Gasteiger partial charge in [-0.1, -0.05) is 34.1 Å². The molecular weight excluding hydrogens is 302 g/mol. The number of hydrogen-bond donors (Lipinski definition) is 1. The third-order valence-corrected chi connectivity index (χ3v) is 3.74. The largest absolute Gasteiger partial charge is 0.398 e. The van der Waals surface area contributed by atoms with E-state index in [1.165, 1.54) is 5.56 Å². The van der Waals surface area contributed by atoms with Crippen LogP contribution in [-0.2, 0) is 6.54 Å². The van der Waals surface area contributed by atoms with Gasteiger partial charge < -0.3 is 10.6 Å². The third-order valence-electron chi connectivity index (χ3n) is 2.96. The van der Waals surface area contributed by atoms with E-state index in [0.717, 1.165) is 16.7 Å². The Morgan fingerprint density at radius 1 is 1.26 bits per heavy atom. The summed E-state index contributed by atoms with van der Waals surface area (Å²) in [5.41, 5.74) is 8.92. The zero-order valence-electron chi connectivity index (χ0n) is 10.6. The first-order valence-corrected chi connectivity index (χ1v) is 6.65. The number of hydrogen-bond acceptors (Lipinski definition) is 3. The van der Waals surface area contributed by atoms with Crippen LogP contribution >= 0.6 is 15.9 Å². The Balaban J connectivity index is 2.24. The maximum atomic E-state index is 9.00. The first kappa shape index (κ1) is 13.4. The Hall–Kier alpha value is -1.99. The van der Waals surface area contributed by atoms with Crippen LogP contribution in [0.25, 0.3) is 0 Å². The summed E-state index contributed by atoms with van der Waals surface area (Å²) < 4.78 is 1.08. The van der Waals surface area contributed by atoms with Crippen molar-refractivity contribution < 1.29 is 0 Å². The summed E-state index contributed by atoms with van der Waals surface area (Å²) in [5, 5.41) is 9.00. The van der Waals surface area contributed by atoms with E-state index < -0.39 is 0 Å². The van der Waals surface area contributed by atoms with Crippen LogP contribution in [-0.4, -0.2) is 7.05 Å². The average Bonchev–Trinajstić information content (AvgIpc) is 2.42. The molecule has 0 aliphatic rings. The molecule has 0 amide bonds. The van der Waals surface area contributed by atoms with Crippen LogP contribution in [0.5, 0.6) is 0 Å². The van der Waals surface area contributed by atoms with Crippen LogP contribution in [0, 0.1) is 11.3 Å².